The van der Waals surface area contributed by atoms with Crippen molar-refractivity contribution in [3.63, 3.8) is 0 Å². The van der Waals surface area contributed by atoms with Crippen molar-refractivity contribution in [1.82, 2.24) is 0 Å². The second kappa shape index (κ2) is 50.5. The first-order chi connectivity index (χ1) is 30.0. The number of carbonyl (C=O) groups excluding carboxylic acids is 3. The molecule has 0 aromatic heterocycles. The van der Waals surface area contributed by atoms with Crippen molar-refractivity contribution in [2.24, 2.45) is 0 Å². The van der Waals surface area contributed by atoms with E-state index < -0.39 is 6.10 Å². The van der Waals surface area contributed by atoms with Crippen LogP contribution in [-0.2, 0) is 28.6 Å². The lowest BCUT2D eigenvalue weighted by atomic mass is 10.0. The van der Waals surface area contributed by atoms with E-state index in [-0.39, 0.29) is 31.1 Å². The molecular weight excluding hydrogens is 757 g/mol. The normalized spacial score (nSPS) is 12.1. The van der Waals surface area contributed by atoms with Gasteiger partial charge in [-0.3, -0.25) is 14.4 Å². The summed E-state index contributed by atoms with van der Waals surface area (Å²) in [5.74, 6) is -0.868. The Labute approximate surface area is 379 Å². The van der Waals surface area contributed by atoms with Crippen molar-refractivity contribution in [3.05, 3.63) is 24.3 Å². The summed E-state index contributed by atoms with van der Waals surface area (Å²) in [7, 11) is 0. The number of rotatable bonds is 49. The predicted molar refractivity (Wildman–Crippen MR) is 261 cm³/mol. The highest BCUT2D eigenvalue weighted by molar-refractivity contribution is 5.71. The predicted octanol–water partition coefficient (Wildman–Crippen LogP) is 17.5. The highest BCUT2D eigenvalue weighted by Crippen LogP contribution is 2.16. The summed E-state index contributed by atoms with van der Waals surface area (Å²) in [6.45, 7) is 6.64. The van der Waals surface area contributed by atoms with E-state index in [9.17, 15) is 14.4 Å². The first-order valence-corrected chi connectivity index (χ1v) is 26.8. The Morgan fingerprint density at radius 3 is 0.934 bits per heavy atom. The van der Waals surface area contributed by atoms with Crippen LogP contribution in [-0.4, -0.2) is 37.2 Å². The SMILES string of the molecule is CCCCC/C=C/C/C=C/CCCCCCCC(=O)OC[C@@H](COC(=O)CCCCCCCCCCCCCCCC)OC(=O)CCCCCCCCCCCCCCCC. The standard InChI is InChI=1S/C55H102O6/c1-4-7-10-13-16-19-22-25-28-31-33-36-39-42-45-48-54(57)60-51-52(61-55(58)49-46-43-40-37-34-30-27-24-21-18-15-12-9-6-3)50-59-53(56)47-44-41-38-35-32-29-26-23-20-17-14-11-8-5-2/h16,19,25,28,52H,4-15,17-18,20-24,26-27,29-51H2,1-3H3/b19-16+,28-25+/t52-/m1/s1. The quantitative estimate of drug-likeness (QED) is 0.0262. The molecule has 0 aliphatic rings. The Hall–Kier alpha value is -2.11. The second-order valence-corrected chi connectivity index (χ2v) is 18.2. The molecule has 0 N–H and O–H groups in total. The Bertz CT molecular complexity index is 989. The van der Waals surface area contributed by atoms with Gasteiger partial charge in [0, 0.05) is 19.3 Å². The van der Waals surface area contributed by atoms with Crippen molar-refractivity contribution < 1.29 is 28.6 Å². The highest BCUT2D eigenvalue weighted by Gasteiger charge is 2.19. The molecule has 1 atom stereocenters. The zero-order valence-electron chi connectivity index (χ0n) is 40.9. The number of esters is 3. The number of hydrogen-bond acceptors (Lipinski definition) is 6. The minimum absolute atomic E-state index is 0.0705. The molecule has 0 aliphatic heterocycles. The van der Waals surface area contributed by atoms with E-state index in [1.54, 1.807) is 0 Å². The summed E-state index contributed by atoms with van der Waals surface area (Å²) < 4.78 is 16.8. The molecule has 0 unspecified atom stereocenters. The van der Waals surface area contributed by atoms with Crippen LogP contribution in [0.5, 0.6) is 0 Å². The summed E-state index contributed by atoms with van der Waals surface area (Å²) in [4.78, 5) is 38.0. The molecule has 6 heteroatoms. The van der Waals surface area contributed by atoms with E-state index in [1.807, 2.05) is 0 Å². The third-order valence-corrected chi connectivity index (χ3v) is 12.0. The fraction of sp³-hybridized carbons (Fsp3) is 0.873. The first kappa shape index (κ1) is 58.9. The molecule has 0 amide bonds. The number of unbranched alkanes of at least 4 members (excludes halogenated alkanes) is 34. The molecule has 358 valence electrons. The molecule has 61 heavy (non-hydrogen) atoms. The molecule has 0 aromatic rings. The van der Waals surface area contributed by atoms with Crippen LogP contribution < -0.4 is 0 Å². The van der Waals surface area contributed by atoms with Crippen LogP contribution >= 0.6 is 0 Å². The smallest absolute Gasteiger partial charge is 0.306 e. The fourth-order valence-corrected chi connectivity index (χ4v) is 7.89. The highest BCUT2D eigenvalue weighted by atomic mass is 16.6. The van der Waals surface area contributed by atoms with Crippen LogP contribution in [0.4, 0.5) is 0 Å². The van der Waals surface area contributed by atoms with Gasteiger partial charge in [-0.25, -0.2) is 0 Å². The average Bonchev–Trinajstić information content (AvgIpc) is 3.26. The van der Waals surface area contributed by atoms with Gasteiger partial charge in [-0.05, 0) is 51.4 Å². The van der Waals surface area contributed by atoms with Gasteiger partial charge in [-0.2, -0.15) is 0 Å². The van der Waals surface area contributed by atoms with Crippen LogP contribution in [0.2, 0.25) is 0 Å². The van der Waals surface area contributed by atoms with Gasteiger partial charge in [0.2, 0.25) is 0 Å². The van der Waals surface area contributed by atoms with Crippen molar-refractivity contribution in [1.29, 1.82) is 0 Å². The maximum Gasteiger partial charge on any atom is 0.306 e. The van der Waals surface area contributed by atoms with Crippen LogP contribution in [0.1, 0.15) is 290 Å². The lowest BCUT2D eigenvalue weighted by Gasteiger charge is -2.18. The van der Waals surface area contributed by atoms with E-state index in [1.165, 1.54) is 173 Å². The van der Waals surface area contributed by atoms with Crippen molar-refractivity contribution in [3.8, 4) is 0 Å². The van der Waals surface area contributed by atoms with Crippen LogP contribution in [0.3, 0.4) is 0 Å². The van der Waals surface area contributed by atoms with Gasteiger partial charge < -0.3 is 14.2 Å². The van der Waals surface area contributed by atoms with Crippen LogP contribution in [0.25, 0.3) is 0 Å². The lowest BCUT2D eigenvalue weighted by Crippen LogP contribution is -2.30. The van der Waals surface area contributed by atoms with Crippen LogP contribution in [0, 0.1) is 0 Å². The van der Waals surface area contributed by atoms with E-state index in [0.717, 1.165) is 77.0 Å². The maximum absolute atomic E-state index is 12.8. The van der Waals surface area contributed by atoms with Crippen molar-refractivity contribution >= 4 is 17.9 Å². The molecule has 0 saturated heterocycles. The molecule has 6 nitrogen and oxygen atoms in total. The molecule has 0 heterocycles. The fourth-order valence-electron chi connectivity index (χ4n) is 7.89. The van der Waals surface area contributed by atoms with E-state index in [0.29, 0.717) is 19.3 Å². The topological polar surface area (TPSA) is 78.9 Å². The third-order valence-electron chi connectivity index (χ3n) is 12.0. The third kappa shape index (κ3) is 48.8. The number of allylic oxidation sites excluding steroid dienone is 4. The van der Waals surface area contributed by atoms with Crippen molar-refractivity contribution in [2.45, 2.75) is 297 Å². The first-order valence-electron chi connectivity index (χ1n) is 26.8. The Morgan fingerprint density at radius 1 is 0.328 bits per heavy atom. The molecular formula is C55H102O6. The summed E-state index contributed by atoms with van der Waals surface area (Å²) in [5.41, 5.74) is 0. The minimum Gasteiger partial charge on any atom is -0.462 e. The van der Waals surface area contributed by atoms with Gasteiger partial charge in [0.25, 0.3) is 0 Å². The van der Waals surface area contributed by atoms with E-state index in [2.05, 4.69) is 45.1 Å². The lowest BCUT2D eigenvalue weighted by molar-refractivity contribution is -0.167. The van der Waals surface area contributed by atoms with Crippen molar-refractivity contribution in [2.75, 3.05) is 13.2 Å². The molecule has 0 spiro atoms. The Balaban J connectivity index is 4.35. The molecule has 0 aliphatic carbocycles. The van der Waals surface area contributed by atoms with Gasteiger partial charge in [0.15, 0.2) is 6.10 Å². The van der Waals surface area contributed by atoms with E-state index in [4.69, 9.17) is 14.2 Å². The minimum atomic E-state index is -0.770. The monoisotopic (exact) mass is 859 g/mol. The molecule has 0 rings (SSSR count). The Morgan fingerprint density at radius 2 is 0.590 bits per heavy atom. The summed E-state index contributed by atoms with van der Waals surface area (Å²) in [5, 5.41) is 0. The Kier molecular flexibility index (Phi) is 48.8. The zero-order valence-corrected chi connectivity index (χ0v) is 40.9. The van der Waals surface area contributed by atoms with Gasteiger partial charge in [0.1, 0.15) is 13.2 Å². The summed E-state index contributed by atoms with van der Waals surface area (Å²) in [6.07, 6.45) is 57.2. The number of carbonyl (C=O) groups is 3. The number of hydrogen-bond donors (Lipinski definition) is 0. The average molecular weight is 859 g/mol. The van der Waals surface area contributed by atoms with Gasteiger partial charge in [0.05, 0.1) is 0 Å². The van der Waals surface area contributed by atoms with E-state index >= 15 is 0 Å². The summed E-state index contributed by atoms with van der Waals surface area (Å²) in [6, 6.07) is 0. The van der Waals surface area contributed by atoms with Gasteiger partial charge in [-0.1, -0.05) is 244 Å². The van der Waals surface area contributed by atoms with Gasteiger partial charge >= 0.3 is 17.9 Å². The molecule has 0 saturated carbocycles. The molecule has 0 aromatic carbocycles. The van der Waals surface area contributed by atoms with Gasteiger partial charge in [-0.15, -0.1) is 0 Å². The zero-order chi connectivity index (χ0) is 44.4. The van der Waals surface area contributed by atoms with Crippen LogP contribution in [0.15, 0.2) is 24.3 Å². The molecule has 0 bridgehead atoms. The largest absolute Gasteiger partial charge is 0.462 e. The maximum atomic E-state index is 12.8. The second-order valence-electron chi connectivity index (χ2n) is 18.2. The number of ether oxygens (including phenoxy) is 3. The molecule has 0 fully saturated rings. The summed E-state index contributed by atoms with van der Waals surface area (Å²) >= 11 is 0. The molecule has 0 radical (unpaired) electrons.